The third-order valence-corrected chi connectivity index (χ3v) is 9.00. The summed E-state index contributed by atoms with van der Waals surface area (Å²) in [6.45, 7) is 8.03. The van der Waals surface area contributed by atoms with Gasteiger partial charge in [-0.1, -0.05) is 19.0 Å². The maximum Gasteiger partial charge on any atom is 0.160 e. The Morgan fingerprint density at radius 3 is 2.61 bits per heavy atom. The lowest BCUT2D eigenvalue weighted by molar-refractivity contribution is -0.262. The molecule has 0 aromatic rings. The second-order valence-corrected chi connectivity index (χ2v) is 10.9. The summed E-state index contributed by atoms with van der Waals surface area (Å²) in [5, 5.41) is 14.5. The van der Waals surface area contributed by atoms with E-state index in [2.05, 4.69) is 23.9 Å². The van der Waals surface area contributed by atoms with Gasteiger partial charge >= 0.3 is 0 Å². The van der Waals surface area contributed by atoms with Crippen LogP contribution in [0.15, 0.2) is 5.11 Å². The van der Waals surface area contributed by atoms with E-state index in [1.165, 1.54) is 0 Å². The molecule has 4 rings (SSSR count). The smallest absolute Gasteiger partial charge is 0.160 e. The number of nitrogens with zero attached hydrogens (tertiary/aromatic N) is 3. The quantitative estimate of drug-likeness (QED) is 0.318. The molecular weight excluding hydrogens is 354 g/mol. The maximum absolute atomic E-state index is 12.7. The molecule has 0 bridgehead atoms. The Kier molecular flexibility index (Phi) is 4.84. The third-order valence-electron chi connectivity index (χ3n) is 9.00. The Balaban J connectivity index is 1.70. The molecule has 0 amide bonds. The number of hydrogen-bond donors (Lipinski definition) is 1. The minimum Gasteiger partial charge on any atom is -0.366 e. The van der Waals surface area contributed by atoms with Gasteiger partial charge < -0.3 is 9.84 Å². The molecular formula is C22H35N3O3. The summed E-state index contributed by atoms with van der Waals surface area (Å²) in [4.78, 5) is 15.8. The van der Waals surface area contributed by atoms with Crippen molar-refractivity contribution in [2.75, 3.05) is 0 Å². The van der Waals surface area contributed by atoms with Gasteiger partial charge in [0.05, 0.1) is 6.10 Å². The first-order valence-corrected chi connectivity index (χ1v) is 11.1. The summed E-state index contributed by atoms with van der Waals surface area (Å²) in [5.74, 6) is 0.879. The van der Waals surface area contributed by atoms with Gasteiger partial charge in [0.2, 0.25) is 0 Å². The van der Waals surface area contributed by atoms with E-state index in [-0.39, 0.29) is 23.0 Å². The Bertz CT molecular complexity index is 698. The van der Waals surface area contributed by atoms with Crippen LogP contribution in [0, 0.1) is 34.5 Å². The highest BCUT2D eigenvalue weighted by atomic mass is 16.6. The first-order chi connectivity index (χ1) is 13.1. The van der Waals surface area contributed by atoms with Crippen molar-refractivity contribution >= 4 is 5.78 Å². The van der Waals surface area contributed by atoms with Gasteiger partial charge in [0, 0.05) is 22.8 Å². The molecule has 0 saturated heterocycles. The maximum atomic E-state index is 12.7. The predicted octanol–water partition coefficient (Wildman–Crippen LogP) is 5.00. The van der Waals surface area contributed by atoms with Crippen LogP contribution in [-0.4, -0.2) is 28.8 Å². The number of azide groups is 1. The molecule has 1 N–H and O–H groups in total. The van der Waals surface area contributed by atoms with Crippen LogP contribution in [0.25, 0.3) is 10.4 Å². The van der Waals surface area contributed by atoms with Crippen LogP contribution >= 0.6 is 0 Å². The number of ether oxygens (including phenoxy) is 1. The van der Waals surface area contributed by atoms with Crippen molar-refractivity contribution in [1.29, 1.82) is 0 Å². The SMILES string of the molecule is CC(C)(O)O[C@H]1CC2C[C@H](N=[N+]=[N-])CC[C@]2(C)C2CC[C@]3(C)C(=O)CCC3C21. The van der Waals surface area contributed by atoms with Gasteiger partial charge in [0.15, 0.2) is 5.79 Å². The molecule has 0 radical (unpaired) electrons. The highest BCUT2D eigenvalue weighted by Crippen LogP contribution is 2.66. The second-order valence-electron chi connectivity index (χ2n) is 10.9. The molecule has 4 fully saturated rings. The zero-order valence-corrected chi connectivity index (χ0v) is 17.7. The number of hydrogen-bond acceptors (Lipinski definition) is 4. The molecule has 156 valence electrons. The lowest BCUT2D eigenvalue weighted by Gasteiger charge is -2.62. The summed E-state index contributed by atoms with van der Waals surface area (Å²) >= 11 is 0. The van der Waals surface area contributed by atoms with E-state index < -0.39 is 5.79 Å². The summed E-state index contributed by atoms with van der Waals surface area (Å²) < 4.78 is 6.27. The number of carbonyl (C=O) groups is 1. The van der Waals surface area contributed by atoms with Crippen LogP contribution in [0.4, 0.5) is 0 Å². The van der Waals surface area contributed by atoms with E-state index >= 15 is 0 Å². The number of aliphatic hydroxyl groups is 1. The van der Waals surface area contributed by atoms with Gasteiger partial charge in [-0.2, -0.15) is 0 Å². The predicted molar refractivity (Wildman–Crippen MR) is 106 cm³/mol. The van der Waals surface area contributed by atoms with E-state index in [1.54, 1.807) is 13.8 Å². The first kappa shape index (κ1) is 20.2. The molecule has 0 heterocycles. The largest absolute Gasteiger partial charge is 0.366 e. The zero-order chi connectivity index (χ0) is 20.3. The van der Waals surface area contributed by atoms with Gasteiger partial charge in [-0.05, 0) is 93.4 Å². The third kappa shape index (κ3) is 3.09. The van der Waals surface area contributed by atoms with Crippen molar-refractivity contribution in [3.05, 3.63) is 10.4 Å². The van der Waals surface area contributed by atoms with E-state index in [9.17, 15) is 9.90 Å². The van der Waals surface area contributed by atoms with Crippen LogP contribution in [0.3, 0.4) is 0 Å². The number of ketones is 1. The first-order valence-electron chi connectivity index (χ1n) is 11.1. The summed E-state index contributed by atoms with van der Waals surface area (Å²) in [6, 6.07) is 0.0735. The fourth-order valence-electron chi connectivity index (χ4n) is 7.62. The number of carbonyl (C=O) groups excluding carboxylic acids is 1. The van der Waals surface area contributed by atoms with Gasteiger partial charge in [-0.3, -0.25) is 4.79 Å². The van der Waals surface area contributed by atoms with Crippen LogP contribution in [-0.2, 0) is 9.53 Å². The van der Waals surface area contributed by atoms with Crippen molar-refractivity contribution in [2.24, 2.45) is 39.6 Å². The van der Waals surface area contributed by atoms with Crippen molar-refractivity contribution in [1.82, 2.24) is 0 Å². The van der Waals surface area contributed by atoms with Gasteiger partial charge in [0.1, 0.15) is 5.78 Å². The Labute approximate surface area is 168 Å². The molecule has 0 aromatic heterocycles. The minimum atomic E-state index is -1.18. The van der Waals surface area contributed by atoms with E-state index in [1.807, 2.05) is 0 Å². The number of fused-ring (bicyclic) bond motifs is 5. The lowest BCUT2D eigenvalue weighted by atomic mass is 9.44. The summed E-state index contributed by atoms with van der Waals surface area (Å²) in [7, 11) is 0. The number of Topliss-reactive ketones (excluding diaryl/α,β-unsaturated/α-hetero) is 1. The fourth-order valence-corrected chi connectivity index (χ4v) is 7.62. The molecule has 6 heteroatoms. The highest BCUT2D eigenvalue weighted by molar-refractivity contribution is 5.87. The van der Waals surface area contributed by atoms with Crippen LogP contribution in [0.5, 0.6) is 0 Å². The molecule has 4 aliphatic carbocycles. The standard InChI is InChI=1S/C22H35N3O3/c1-20(2,27)28-17-12-13-11-14(24-25-23)7-9-21(13,3)16-8-10-22(4)15(19(16)17)5-6-18(22)26/h13-17,19,27H,5-12H2,1-4H3/t13?,14-,15?,16?,17+,19?,21+,22+/m1/s1. The monoisotopic (exact) mass is 389 g/mol. The van der Waals surface area contributed by atoms with Gasteiger partial charge in [0.25, 0.3) is 0 Å². The van der Waals surface area contributed by atoms with Crippen LogP contribution < -0.4 is 0 Å². The average molecular weight is 390 g/mol. The molecule has 4 saturated carbocycles. The van der Waals surface area contributed by atoms with Gasteiger partial charge in [-0.15, -0.1) is 0 Å². The Hall–Kier alpha value is -1.10. The van der Waals surface area contributed by atoms with Crippen molar-refractivity contribution in [3.8, 4) is 0 Å². The molecule has 8 atom stereocenters. The Morgan fingerprint density at radius 2 is 1.93 bits per heavy atom. The normalized spacial score (nSPS) is 48.2. The summed E-state index contributed by atoms with van der Waals surface area (Å²) in [5.41, 5.74) is 8.89. The topological polar surface area (TPSA) is 95.3 Å². The van der Waals surface area contributed by atoms with E-state index in [4.69, 9.17) is 10.3 Å². The lowest BCUT2D eigenvalue weighted by Crippen LogP contribution is -2.60. The van der Waals surface area contributed by atoms with Crippen LogP contribution in [0.2, 0.25) is 0 Å². The second kappa shape index (κ2) is 6.72. The summed E-state index contributed by atoms with van der Waals surface area (Å²) in [6.07, 6.45) is 7.50. The molecule has 0 aliphatic heterocycles. The average Bonchev–Trinajstić information content (AvgIpc) is 2.90. The Morgan fingerprint density at radius 1 is 1.18 bits per heavy atom. The molecule has 4 aliphatic rings. The minimum absolute atomic E-state index is 0.0385. The van der Waals surface area contributed by atoms with Crippen molar-refractivity contribution in [2.45, 2.75) is 97.0 Å². The molecule has 28 heavy (non-hydrogen) atoms. The molecule has 6 nitrogen and oxygen atoms in total. The van der Waals surface area contributed by atoms with Crippen molar-refractivity contribution < 1.29 is 14.6 Å². The molecule has 0 aromatic carbocycles. The van der Waals surface area contributed by atoms with Crippen LogP contribution in [0.1, 0.15) is 79.1 Å². The molecule has 0 spiro atoms. The zero-order valence-electron chi connectivity index (χ0n) is 17.7. The highest BCUT2D eigenvalue weighted by Gasteiger charge is 2.63. The van der Waals surface area contributed by atoms with E-state index in [0.29, 0.717) is 35.9 Å². The fraction of sp³-hybridized carbons (Fsp3) is 0.955. The van der Waals surface area contributed by atoms with Gasteiger partial charge in [-0.25, -0.2) is 0 Å². The van der Waals surface area contributed by atoms with Crippen molar-refractivity contribution in [3.63, 3.8) is 0 Å². The molecule has 4 unspecified atom stereocenters. The number of rotatable bonds is 3. The van der Waals surface area contributed by atoms with E-state index in [0.717, 1.165) is 44.9 Å².